The first-order valence-corrected chi connectivity index (χ1v) is 23.6. The second-order valence-corrected chi connectivity index (χ2v) is 20.0. The van der Waals surface area contributed by atoms with Crippen molar-refractivity contribution in [3.63, 3.8) is 0 Å². The molecule has 1 saturated heterocycles. The lowest BCUT2D eigenvalue weighted by atomic mass is 9.94. The van der Waals surface area contributed by atoms with E-state index in [9.17, 15) is 57.9 Å². The van der Waals surface area contributed by atoms with Crippen LogP contribution in [0.15, 0.2) is 23.2 Å². The summed E-state index contributed by atoms with van der Waals surface area (Å²) in [6.07, 6.45) is -2.50. The summed E-state index contributed by atoms with van der Waals surface area (Å²) in [6, 6.07) is -3.36. The van der Waals surface area contributed by atoms with Crippen molar-refractivity contribution in [1.82, 2.24) is 47.1 Å². The third kappa shape index (κ3) is 15.8. The molecular weight excluding hydrogens is 909 g/mol. The molecule has 3 aliphatic rings. The minimum Gasteiger partial charge on any atom is -0.508 e. The van der Waals surface area contributed by atoms with Crippen LogP contribution in [-0.4, -0.2) is 158 Å². The van der Waals surface area contributed by atoms with E-state index < -0.39 is 151 Å². The minimum atomic E-state index is -2.29. The number of phenols is 1. The number of primary amides is 1. The number of phenolic OH excluding ortho intramolecular Hbond substituents is 1. The topological polar surface area (TPSA) is 361 Å². The molecule has 1 fully saturated rings. The molecule has 9 unspecified atom stereocenters. The zero-order valence-corrected chi connectivity index (χ0v) is 40.4. The number of amides is 8. The maximum absolute atomic E-state index is 14.5. The lowest BCUT2D eigenvalue weighted by Crippen LogP contribution is -2.62. The van der Waals surface area contributed by atoms with E-state index in [2.05, 4.69) is 69.9 Å². The fourth-order valence-electron chi connectivity index (χ4n) is 7.59. The molecule has 2 aromatic rings. The Morgan fingerprint density at radius 3 is 2.12 bits per heavy atom. The van der Waals surface area contributed by atoms with E-state index in [1.165, 1.54) is 30.0 Å². The molecule has 0 aliphatic carbocycles. The molecule has 5 rings (SSSR count). The Morgan fingerprint density at radius 2 is 1.51 bits per heavy atom. The van der Waals surface area contributed by atoms with Crippen LogP contribution in [0.25, 0.3) is 10.9 Å². The number of nitrogens with two attached hydrogens (primary N) is 1. The number of hydrogen-bond acceptors (Lipinski definition) is 14. The number of nitrogens with zero attached hydrogens (tertiary/aromatic N) is 1. The van der Waals surface area contributed by atoms with Gasteiger partial charge in [-0.05, 0) is 41.9 Å². The SMILES string of the molecule is C=O.CC(C)(C)C.CCC(C)C1NC(=O)CNC(=O)C2Cc3c([nH]c4cc(O)ccc34)S(=O)CC(NC(=O)CNC1=O)C(=O)NC(CC(N)=O)C(=O)N1CCCC1NC([C@@H](C)C(O)CO)C(=O)N2. The molecule has 68 heavy (non-hydrogen) atoms. The average Bonchev–Trinajstić information content (AvgIpc) is 3.89. The molecule has 1 aromatic heterocycles. The Bertz CT molecular complexity index is 2180. The number of carbonyl (C=O) groups is 9. The van der Waals surface area contributed by atoms with Crippen LogP contribution in [0.3, 0.4) is 0 Å². The van der Waals surface area contributed by atoms with Crippen LogP contribution in [-0.2, 0) is 60.4 Å². The van der Waals surface area contributed by atoms with Gasteiger partial charge in [-0.2, -0.15) is 0 Å². The standard InChI is InChI=1S/C38H54N10O12S.C5H12.CH2O/c1-4-17(2)31-35(57)41-13-29(53)42-25-16-61(60)37-21(20-8-7-19(50)10-22(20)45-37)11-23(33(55)40-14-30(54)47-31)43-36(58)32(18(3)26(51)15-49)46-28-6-5-9-48(28)38(59)24(12-27(39)52)44-34(25)56;1-5(2,3)4;1-2/h7-8,10,17-18,23-26,28,31-32,45-46,49-51H,4-6,9,11-16H2,1-3H3,(H2,39,52)(H,40,55)(H,41,57)(H,42,53)(H,43,58)(H,44,56)(H,47,54);1-4H3;1H2/t17?,18-,23?,24?,25?,26?,28?,31?,32?,61?;;/m0../s1. The molecule has 3 aliphatic heterocycles. The van der Waals surface area contributed by atoms with Gasteiger partial charge in [-0.15, -0.1) is 0 Å². The van der Waals surface area contributed by atoms with Crippen molar-refractivity contribution in [2.75, 3.05) is 32.0 Å². The number of aliphatic hydroxyl groups is 2. The van der Waals surface area contributed by atoms with Crippen molar-refractivity contribution in [2.45, 2.75) is 128 Å². The number of H-pyrrole nitrogens is 1. The van der Waals surface area contributed by atoms with Gasteiger partial charge in [0.2, 0.25) is 47.3 Å². The van der Waals surface area contributed by atoms with Crippen LogP contribution in [0, 0.1) is 17.3 Å². The van der Waals surface area contributed by atoms with Crippen LogP contribution in [0.2, 0.25) is 0 Å². The highest BCUT2D eigenvalue weighted by atomic mass is 32.2. The summed E-state index contributed by atoms with van der Waals surface area (Å²) in [5, 5.41) is 49.5. The van der Waals surface area contributed by atoms with Crippen molar-refractivity contribution in [2.24, 2.45) is 23.0 Å². The number of aliphatic hydroxyl groups excluding tert-OH is 2. The fraction of sp³-hybridized carbons (Fsp3) is 0.614. The molecular formula is C44H68N10O13S. The molecule has 8 amide bonds. The van der Waals surface area contributed by atoms with E-state index in [4.69, 9.17) is 10.5 Å². The van der Waals surface area contributed by atoms with E-state index in [0.717, 1.165) is 0 Å². The summed E-state index contributed by atoms with van der Waals surface area (Å²) in [4.78, 5) is 122. The number of fused-ring (bicyclic) bond motifs is 5. The Morgan fingerprint density at radius 1 is 0.897 bits per heavy atom. The van der Waals surface area contributed by atoms with Gasteiger partial charge >= 0.3 is 0 Å². The molecule has 2 bridgehead atoms. The predicted octanol–water partition coefficient (Wildman–Crippen LogP) is -2.59. The van der Waals surface area contributed by atoms with E-state index in [1.807, 2.05) is 6.79 Å². The highest BCUT2D eigenvalue weighted by Gasteiger charge is 2.41. The largest absolute Gasteiger partial charge is 0.508 e. The van der Waals surface area contributed by atoms with Gasteiger partial charge in [-0.25, -0.2) is 0 Å². The molecule has 1 aromatic carbocycles. The molecule has 0 spiro atoms. The Kier molecular flexibility index (Phi) is 21.0. The van der Waals surface area contributed by atoms with Gasteiger partial charge in [0.05, 0.1) is 66.5 Å². The quantitative estimate of drug-likeness (QED) is 0.136. The number of rotatable bonds is 7. The van der Waals surface area contributed by atoms with E-state index in [1.54, 1.807) is 13.8 Å². The molecule has 10 atom stereocenters. The van der Waals surface area contributed by atoms with Crippen molar-refractivity contribution in [3.8, 4) is 5.75 Å². The van der Waals surface area contributed by atoms with Gasteiger partial charge in [0, 0.05) is 30.3 Å². The number of carbonyl (C=O) groups excluding carboxylic acids is 9. The molecule has 378 valence electrons. The summed E-state index contributed by atoms with van der Waals surface area (Å²) in [5.74, 6) is -9.50. The summed E-state index contributed by atoms with van der Waals surface area (Å²) < 4.78 is 14.5. The third-order valence-electron chi connectivity index (χ3n) is 11.3. The number of aromatic amines is 1. The smallest absolute Gasteiger partial charge is 0.246 e. The van der Waals surface area contributed by atoms with Crippen LogP contribution >= 0.6 is 0 Å². The molecule has 13 N–H and O–H groups in total. The molecule has 24 heteroatoms. The lowest BCUT2D eigenvalue weighted by Gasteiger charge is -2.35. The van der Waals surface area contributed by atoms with E-state index in [0.29, 0.717) is 23.6 Å². The second kappa shape index (κ2) is 25.4. The summed E-state index contributed by atoms with van der Waals surface area (Å²) in [6.45, 7) is 13.6. The number of nitrogens with one attached hydrogen (secondary N) is 8. The molecule has 23 nitrogen and oxygen atoms in total. The summed E-state index contributed by atoms with van der Waals surface area (Å²) >= 11 is 0. The number of benzene rings is 1. The zero-order valence-electron chi connectivity index (χ0n) is 39.6. The number of aromatic nitrogens is 1. The number of hydrogen-bond donors (Lipinski definition) is 12. The first-order chi connectivity index (χ1) is 31.9. The average molecular weight is 977 g/mol. The lowest BCUT2D eigenvalue weighted by molar-refractivity contribution is -0.141. The van der Waals surface area contributed by atoms with Crippen molar-refractivity contribution < 1.29 is 62.7 Å². The highest BCUT2D eigenvalue weighted by Crippen LogP contribution is 2.30. The van der Waals surface area contributed by atoms with Gasteiger partial charge in [0.15, 0.2) is 0 Å². The Balaban J connectivity index is 0.00000164. The summed E-state index contributed by atoms with van der Waals surface area (Å²) in [7, 11) is -2.29. The fourth-order valence-corrected chi connectivity index (χ4v) is 8.98. The van der Waals surface area contributed by atoms with Gasteiger partial charge in [0.25, 0.3) is 0 Å². The maximum atomic E-state index is 14.5. The second-order valence-electron chi connectivity index (χ2n) is 18.6. The van der Waals surface area contributed by atoms with Gasteiger partial charge < -0.3 is 67.6 Å². The first-order valence-electron chi connectivity index (χ1n) is 22.3. The first kappa shape index (κ1) is 56.3. The Hall–Kier alpha value is -5.98. The summed E-state index contributed by atoms with van der Waals surface area (Å²) in [5.41, 5.74) is 6.44. The molecule has 4 heterocycles. The van der Waals surface area contributed by atoms with Gasteiger partial charge in [0.1, 0.15) is 41.7 Å². The van der Waals surface area contributed by atoms with E-state index >= 15 is 0 Å². The monoisotopic (exact) mass is 976 g/mol. The van der Waals surface area contributed by atoms with Crippen LogP contribution in [0.1, 0.15) is 79.7 Å². The van der Waals surface area contributed by atoms with Crippen LogP contribution < -0.4 is 43.0 Å². The normalized spacial score (nSPS) is 26.0. The maximum Gasteiger partial charge on any atom is 0.246 e. The van der Waals surface area contributed by atoms with Gasteiger partial charge in [-0.1, -0.05) is 54.9 Å². The number of aromatic hydroxyl groups is 1. The Labute approximate surface area is 397 Å². The van der Waals surface area contributed by atoms with Gasteiger partial charge in [-0.3, -0.25) is 47.9 Å². The highest BCUT2D eigenvalue weighted by molar-refractivity contribution is 7.85. The zero-order chi connectivity index (χ0) is 51.2. The van der Waals surface area contributed by atoms with Crippen LogP contribution in [0.5, 0.6) is 5.75 Å². The van der Waals surface area contributed by atoms with Crippen molar-refractivity contribution >= 4 is 75.7 Å². The van der Waals surface area contributed by atoms with Crippen molar-refractivity contribution in [3.05, 3.63) is 23.8 Å². The van der Waals surface area contributed by atoms with Crippen molar-refractivity contribution in [1.29, 1.82) is 0 Å². The molecule has 0 radical (unpaired) electrons. The van der Waals surface area contributed by atoms with E-state index in [-0.39, 0.29) is 34.8 Å². The third-order valence-corrected chi connectivity index (χ3v) is 12.7. The molecule has 0 saturated carbocycles. The predicted molar refractivity (Wildman–Crippen MR) is 248 cm³/mol. The van der Waals surface area contributed by atoms with Crippen LogP contribution in [0.4, 0.5) is 0 Å². The minimum absolute atomic E-state index is 0.0821.